The van der Waals surface area contributed by atoms with Gasteiger partial charge in [-0.2, -0.15) is 0 Å². The zero-order valence-corrected chi connectivity index (χ0v) is 12.7. The Morgan fingerprint density at radius 3 is 3.00 bits per heavy atom. The number of hydrogen-bond donors (Lipinski definition) is 1. The summed E-state index contributed by atoms with van der Waals surface area (Å²) in [6.07, 6.45) is 10.9. The minimum Gasteiger partial charge on any atom is -0.347 e. The molecule has 1 fully saturated rings. The minimum absolute atomic E-state index is 0.181. The zero-order chi connectivity index (χ0) is 14.7. The van der Waals surface area contributed by atoms with Crippen molar-refractivity contribution in [3.8, 4) is 0 Å². The molecule has 3 rings (SSSR count). The second-order valence-electron chi connectivity index (χ2n) is 5.88. The molecule has 2 heterocycles. The van der Waals surface area contributed by atoms with E-state index in [-0.39, 0.29) is 12.0 Å². The van der Waals surface area contributed by atoms with Gasteiger partial charge >= 0.3 is 0 Å². The first-order valence-corrected chi connectivity index (χ1v) is 7.96. The van der Waals surface area contributed by atoms with Crippen LogP contribution in [0.1, 0.15) is 38.1 Å². The van der Waals surface area contributed by atoms with E-state index in [4.69, 9.17) is 0 Å². The van der Waals surface area contributed by atoms with Gasteiger partial charge in [0.05, 0.1) is 6.04 Å². The minimum atomic E-state index is 0.181. The van der Waals surface area contributed by atoms with Crippen molar-refractivity contribution >= 4 is 5.91 Å². The molecular formula is C16H24N4O. The van der Waals surface area contributed by atoms with Gasteiger partial charge in [-0.1, -0.05) is 19.1 Å². The van der Waals surface area contributed by atoms with E-state index in [1.165, 1.54) is 0 Å². The van der Waals surface area contributed by atoms with E-state index < -0.39 is 0 Å². The number of likely N-dealkylation sites (N-methyl/N-ethyl adjacent to an activating group) is 1. The summed E-state index contributed by atoms with van der Waals surface area (Å²) >= 11 is 0. The molecule has 1 aliphatic heterocycles. The number of H-pyrrole nitrogens is 1. The number of hydrogen-bond acceptors (Lipinski definition) is 3. The van der Waals surface area contributed by atoms with Gasteiger partial charge < -0.3 is 9.88 Å². The number of aromatic nitrogens is 2. The third-order valence-corrected chi connectivity index (χ3v) is 4.66. The van der Waals surface area contributed by atoms with Crippen molar-refractivity contribution in [3.63, 3.8) is 0 Å². The maximum absolute atomic E-state index is 12.7. The number of nitrogens with one attached hydrogen (secondary N) is 1. The van der Waals surface area contributed by atoms with Gasteiger partial charge in [-0.15, -0.1) is 0 Å². The predicted octanol–water partition coefficient (Wildman–Crippen LogP) is 1.97. The van der Waals surface area contributed by atoms with Crippen molar-refractivity contribution in [3.05, 3.63) is 30.4 Å². The number of aromatic amines is 1. The lowest BCUT2D eigenvalue weighted by Gasteiger charge is -2.41. The molecule has 1 aromatic heterocycles. The average Bonchev–Trinajstić information content (AvgIpc) is 3.08. The fraction of sp³-hybridized carbons (Fsp3) is 0.625. The van der Waals surface area contributed by atoms with E-state index in [9.17, 15) is 4.79 Å². The molecule has 1 saturated heterocycles. The van der Waals surface area contributed by atoms with Crippen LogP contribution in [0.25, 0.3) is 0 Å². The fourth-order valence-corrected chi connectivity index (χ4v) is 3.39. The van der Waals surface area contributed by atoms with Crippen LogP contribution in [-0.2, 0) is 4.79 Å². The number of piperazine rings is 1. The van der Waals surface area contributed by atoms with E-state index in [0.717, 1.165) is 51.3 Å². The Balaban J connectivity index is 1.70. The van der Waals surface area contributed by atoms with Gasteiger partial charge in [0, 0.05) is 37.9 Å². The lowest BCUT2D eigenvalue weighted by molar-refractivity contribution is -0.139. The summed E-state index contributed by atoms with van der Waals surface area (Å²) in [6.45, 7) is 5.67. The number of carbonyl (C=O) groups excluding carboxylic acids is 1. The summed E-state index contributed by atoms with van der Waals surface area (Å²) in [7, 11) is 0. The van der Waals surface area contributed by atoms with E-state index in [0.29, 0.717) is 5.91 Å². The highest BCUT2D eigenvalue weighted by Gasteiger charge is 2.33. The van der Waals surface area contributed by atoms with E-state index >= 15 is 0 Å². The van der Waals surface area contributed by atoms with Crippen molar-refractivity contribution in [1.29, 1.82) is 0 Å². The smallest absolute Gasteiger partial charge is 0.226 e. The van der Waals surface area contributed by atoms with Gasteiger partial charge in [-0.05, 0) is 25.8 Å². The summed E-state index contributed by atoms with van der Waals surface area (Å²) in [5, 5.41) is 0. The van der Waals surface area contributed by atoms with Crippen LogP contribution >= 0.6 is 0 Å². The molecule has 5 nitrogen and oxygen atoms in total. The molecule has 2 unspecified atom stereocenters. The molecule has 0 radical (unpaired) electrons. The van der Waals surface area contributed by atoms with Gasteiger partial charge in [0.25, 0.3) is 0 Å². The summed E-state index contributed by atoms with van der Waals surface area (Å²) in [5.41, 5.74) is 0. The van der Waals surface area contributed by atoms with Gasteiger partial charge in [-0.3, -0.25) is 9.69 Å². The lowest BCUT2D eigenvalue weighted by Crippen LogP contribution is -2.52. The van der Waals surface area contributed by atoms with E-state index in [2.05, 4.69) is 33.9 Å². The molecule has 2 aliphatic rings. The Labute approximate surface area is 126 Å². The summed E-state index contributed by atoms with van der Waals surface area (Å²) in [5.74, 6) is 1.48. The molecule has 1 N–H and O–H groups in total. The Hall–Kier alpha value is -1.62. The summed E-state index contributed by atoms with van der Waals surface area (Å²) < 4.78 is 0. The van der Waals surface area contributed by atoms with Crippen LogP contribution in [0.5, 0.6) is 0 Å². The lowest BCUT2D eigenvalue weighted by atomic mass is 9.92. The Kier molecular flexibility index (Phi) is 4.39. The van der Waals surface area contributed by atoms with Gasteiger partial charge in [0.1, 0.15) is 5.82 Å². The molecule has 2 atom stereocenters. The maximum Gasteiger partial charge on any atom is 0.226 e. The van der Waals surface area contributed by atoms with Crippen LogP contribution in [-0.4, -0.2) is 51.9 Å². The third-order valence-electron chi connectivity index (χ3n) is 4.66. The van der Waals surface area contributed by atoms with Gasteiger partial charge in [-0.25, -0.2) is 4.98 Å². The van der Waals surface area contributed by atoms with Crippen LogP contribution in [0.3, 0.4) is 0 Å². The Morgan fingerprint density at radius 2 is 2.33 bits per heavy atom. The number of allylic oxidation sites excluding steroid dienone is 2. The monoisotopic (exact) mass is 288 g/mol. The second-order valence-corrected chi connectivity index (χ2v) is 5.88. The summed E-state index contributed by atoms with van der Waals surface area (Å²) in [6, 6.07) is 0.196. The standard InChI is InChI=1S/C16H24N4O/c1-2-19-10-11-20(12-14(19)15-17-8-9-18-15)16(21)13-6-4-3-5-7-13/h3-4,8-9,13-14H,2,5-7,10-12H2,1H3,(H,17,18). The first-order chi connectivity index (χ1) is 10.3. The Bertz CT molecular complexity index is 496. The second kappa shape index (κ2) is 6.43. The SMILES string of the molecule is CCN1CCN(C(=O)C2CC=CCC2)CC1c1ncc[nH]1. The van der Waals surface area contributed by atoms with Crippen LogP contribution < -0.4 is 0 Å². The largest absolute Gasteiger partial charge is 0.347 e. The molecule has 0 bridgehead atoms. The number of nitrogens with zero attached hydrogens (tertiary/aromatic N) is 3. The number of rotatable bonds is 3. The van der Waals surface area contributed by atoms with Crippen molar-refractivity contribution in [2.75, 3.05) is 26.2 Å². The van der Waals surface area contributed by atoms with Crippen molar-refractivity contribution in [1.82, 2.24) is 19.8 Å². The quantitative estimate of drug-likeness (QED) is 0.865. The highest BCUT2D eigenvalue weighted by atomic mass is 16.2. The highest BCUT2D eigenvalue weighted by molar-refractivity contribution is 5.79. The first-order valence-electron chi connectivity index (χ1n) is 7.96. The van der Waals surface area contributed by atoms with Crippen molar-refractivity contribution in [2.45, 2.75) is 32.2 Å². The number of imidazole rings is 1. The molecular weight excluding hydrogens is 264 g/mol. The fourth-order valence-electron chi connectivity index (χ4n) is 3.39. The molecule has 0 spiro atoms. The highest BCUT2D eigenvalue weighted by Crippen LogP contribution is 2.26. The predicted molar refractivity (Wildman–Crippen MR) is 81.6 cm³/mol. The maximum atomic E-state index is 12.7. The molecule has 114 valence electrons. The van der Waals surface area contributed by atoms with Gasteiger partial charge in [0.15, 0.2) is 0 Å². The molecule has 0 aromatic carbocycles. The van der Waals surface area contributed by atoms with Crippen LogP contribution in [0.2, 0.25) is 0 Å². The molecule has 21 heavy (non-hydrogen) atoms. The number of amides is 1. The molecule has 1 aliphatic carbocycles. The molecule has 5 heteroatoms. The van der Waals surface area contributed by atoms with E-state index in [1.54, 1.807) is 6.20 Å². The van der Waals surface area contributed by atoms with Crippen LogP contribution in [0.15, 0.2) is 24.5 Å². The average molecular weight is 288 g/mol. The number of carbonyl (C=O) groups is 1. The van der Waals surface area contributed by atoms with Gasteiger partial charge in [0.2, 0.25) is 5.91 Å². The molecule has 1 amide bonds. The van der Waals surface area contributed by atoms with Crippen molar-refractivity contribution in [2.24, 2.45) is 5.92 Å². The molecule has 1 aromatic rings. The normalized spacial score (nSPS) is 27.0. The van der Waals surface area contributed by atoms with Crippen LogP contribution in [0, 0.1) is 5.92 Å². The third kappa shape index (κ3) is 3.02. The molecule has 0 saturated carbocycles. The van der Waals surface area contributed by atoms with Crippen LogP contribution in [0.4, 0.5) is 0 Å². The zero-order valence-electron chi connectivity index (χ0n) is 12.7. The topological polar surface area (TPSA) is 52.2 Å². The Morgan fingerprint density at radius 1 is 1.43 bits per heavy atom. The summed E-state index contributed by atoms with van der Waals surface area (Å²) in [4.78, 5) is 24.7. The first kappa shape index (κ1) is 14.3. The van der Waals surface area contributed by atoms with Crippen molar-refractivity contribution < 1.29 is 4.79 Å². The van der Waals surface area contributed by atoms with E-state index in [1.807, 2.05) is 11.1 Å².